The fourth-order valence-corrected chi connectivity index (χ4v) is 4.69. The third kappa shape index (κ3) is 5.96. The van der Waals surface area contributed by atoms with Crippen LogP contribution in [-0.4, -0.2) is 50.9 Å². The molecule has 0 bridgehead atoms. The Morgan fingerprint density at radius 3 is 2.70 bits per heavy atom. The molecule has 0 amide bonds. The van der Waals surface area contributed by atoms with Crippen LogP contribution in [0.1, 0.15) is 36.7 Å². The molecular formula is C31H34N6. The molecule has 0 aliphatic carbocycles. The van der Waals surface area contributed by atoms with Crippen molar-refractivity contribution in [3.05, 3.63) is 102 Å². The lowest BCUT2D eigenvalue weighted by Gasteiger charge is -2.14. The van der Waals surface area contributed by atoms with E-state index >= 15 is 0 Å². The van der Waals surface area contributed by atoms with Crippen LogP contribution in [0.15, 0.2) is 80.0 Å². The van der Waals surface area contributed by atoms with Gasteiger partial charge in [0.25, 0.3) is 0 Å². The van der Waals surface area contributed by atoms with E-state index in [9.17, 15) is 0 Å². The Bertz CT molecular complexity index is 1470. The molecule has 0 radical (unpaired) electrons. The first-order valence-corrected chi connectivity index (χ1v) is 12.8. The van der Waals surface area contributed by atoms with Crippen LogP contribution in [0.2, 0.25) is 0 Å². The average molecular weight is 491 g/mol. The first-order valence-electron chi connectivity index (χ1n) is 12.8. The van der Waals surface area contributed by atoms with Crippen molar-refractivity contribution < 1.29 is 1.43 Å². The van der Waals surface area contributed by atoms with Crippen molar-refractivity contribution in [3.63, 3.8) is 0 Å². The largest absolute Gasteiger partial charge is 0.393 e. The van der Waals surface area contributed by atoms with Gasteiger partial charge in [-0.2, -0.15) is 0 Å². The molecule has 1 aliphatic rings. The zero-order valence-electron chi connectivity index (χ0n) is 21.3. The summed E-state index contributed by atoms with van der Waals surface area (Å²) in [5, 5.41) is 3.05. The maximum Gasteiger partial charge on any atom is 0.137 e. The molecule has 0 unspecified atom stereocenters. The van der Waals surface area contributed by atoms with Crippen LogP contribution < -0.4 is 5.32 Å². The topological polar surface area (TPSA) is 58.4 Å². The summed E-state index contributed by atoms with van der Waals surface area (Å²) in [6.07, 6.45) is 13.7. The van der Waals surface area contributed by atoms with E-state index in [-0.39, 0.29) is 1.43 Å². The Balaban J connectivity index is 0.00000336. The molecule has 188 valence electrons. The van der Waals surface area contributed by atoms with Gasteiger partial charge in [0, 0.05) is 39.9 Å². The van der Waals surface area contributed by atoms with Crippen LogP contribution in [0.25, 0.3) is 22.6 Å². The van der Waals surface area contributed by atoms with Crippen LogP contribution >= 0.6 is 0 Å². The van der Waals surface area contributed by atoms with Gasteiger partial charge in [0.2, 0.25) is 0 Å². The van der Waals surface area contributed by atoms with Crippen molar-refractivity contribution >= 4 is 11.2 Å². The lowest BCUT2D eigenvalue weighted by molar-refractivity contribution is 0.343. The van der Waals surface area contributed by atoms with Gasteiger partial charge >= 0.3 is 0 Å². The third-order valence-corrected chi connectivity index (χ3v) is 6.74. The van der Waals surface area contributed by atoms with E-state index in [1.807, 2.05) is 31.6 Å². The summed E-state index contributed by atoms with van der Waals surface area (Å²) in [5.74, 6) is 6.44. The van der Waals surface area contributed by atoms with Gasteiger partial charge < -0.3 is 10.2 Å². The number of hydrogen-bond acceptors (Lipinski definition) is 5. The van der Waals surface area contributed by atoms with Crippen molar-refractivity contribution in [2.75, 3.05) is 26.7 Å². The Labute approximate surface area is 220 Å². The van der Waals surface area contributed by atoms with Crippen molar-refractivity contribution in [2.45, 2.75) is 25.7 Å². The number of benzene rings is 1. The Hall–Kier alpha value is -4.21. The lowest BCUT2D eigenvalue weighted by atomic mass is 10.0. The molecule has 1 fully saturated rings. The number of pyridine rings is 1. The Morgan fingerprint density at radius 1 is 1.08 bits per heavy atom. The predicted molar refractivity (Wildman–Crippen MR) is 152 cm³/mol. The second kappa shape index (κ2) is 11.7. The van der Waals surface area contributed by atoms with Crippen molar-refractivity contribution in [2.24, 2.45) is 0 Å². The summed E-state index contributed by atoms with van der Waals surface area (Å²) in [6, 6.07) is 14.7. The highest BCUT2D eigenvalue weighted by molar-refractivity contribution is 5.73. The van der Waals surface area contributed by atoms with Gasteiger partial charge in [0.1, 0.15) is 17.7 Å². The van der Waals surface area contributed by atoms with Crippen LogP contribution in [0, 0.1) is 11.8 Å². The van der Waals surface area contributed by atoms with E-state index in [1.54, 1.807) is 6.33 Å². The van der Waals surface area contributed by atoms with Gasteiger partial charge in [-0.15, -0.1) is 0 Å². The molecule has 6 nitrogen and oxygen atoms in total. The van der Waals surface area contributed by atoms with E-state index in [2.05, 4.69) is 90.6 Å². The van der Waals surface area contributed by atoms with Gasteiger partial charge in [-0.3, -0.25) is 4.40 Å². The second-order valence-electron chi connectivity index (χ2n) is 9.26. The number of nitrogens with zero attached hydrogens (tertiary/aromatic N) is 5. The molecular weight excluding hydrogens is 456 g/mol. The van der Waals surface area contributed by atoms with Crippen molar-refractivity contribution in [1.29, 1.82) is 0 Å². The van der Waals surface area contributed by atoms with E-state index < -0.39 is 0 Å². The average Bonchev–Trinajstić information content (AvgIpc) is 3.61. The first kappa shape index (κ1) is 24.5. The SMILES string of the molecule is C=C/C(=C\NC)c1ccc(CC#Cc2cc(-c3cnc4cc(CCN5CCCC5)ccn34)ncn2)cc1.[HH]. The van der Waals surface area contributed by atoms with Gasteiger partial charge in [-0.05, 0) is 72.7 Å². The van der Waals surface area contributed by atoms with E-state index in [4.69, 9.17) is 0 Å². The highest BCUT2D eigenvalue weighted by Crippen LogP contribution is 2.20. The minimum atomic E-state index is 0. The maximum absolute atomic E-state index is 4.64. The van der Waals surface area contributed by atoms with Crippen LogP contribution in [-0.2, 0) is 12.8 Å². The van der Waals surface area contributed by atoms with Crippen molar-refractivity contribution in [1.82, 2.24) is 29.6 Å². The fourth-order valence-electron chi connectivity index (χ4n) is 4.69. The van der Waals surface area contributed by atoms with Gasteiger partial charge in [-0.1, -0.05) is 42.8 Å². The van der Waals surface area contributed by atoms with E-state index in [1.165, 1.54) is 31.5 Å². The lowest BCUT2D eigenvalue weighted by Crippen LogP contribution is -2.21. The Morgan fingerprint density at radius 2 is 1.92 bits per heavy atom. The quantitative estimate of drug-likeness (QED) is 0.278. The molecule has 3 aromatic heterocycles. The standard InChI is InChI=1S/C31H32N6.H2/c1-3-26(21-32-2)27-11-9-24(10-12-27)7-6-8-28-20-29(35-23-34-28)30-22-33-31-19-25(14-18-37(30)31)13-17-36-15-4-5-16-36;/h3,9-12,14,18-23,32H,1,4-5,7,13,15-17H2,2H3;1H/b26-21+;. The smallest absolute Gasteiger partial charge is 0.137 e. The number of hydrogen-bond donors (Lipinski definition) is 1. The number of rotatable bonds is 8. The molecule has 4 aromatic rings. The minimum Gasteiger partial charge on any atom is -0.393 e. The molecule has 5 rings (SSSR count). The summed E-state index contributed by atoms with van der Waals surface area (Å²) < 4.78 is 2.08. The fraction of sp³-hybridized carbons (Fsp3) is 0.258. The molecule has 0 atom stereocenters. The Kier molecular flexibility index (Phi) is 7.73. The molecule has 1 saturated heterocycles. The highest BCUT2D eigenvalue weighted by Gasteiger charge is 2.12. The molecule has 4 heterocycles. The number of fused-ring (bicyclic) bond motifs is 1. The summed E-state index contributed by atoms with van der Waals surface area (Å²) in [7, 11) is 1.88. The summed E-state index contributed by atoms with van der Waals surface area (Å²) in [4.78, 5) is 16.0. The van der Waals surface area contributed by atoms with Crippen molar-refractivity contribution in [3.8, 4) is 23.2 Å². The molecule has 0 spiro atoms. The summed E-state index contributed by atoms with van der Waals surface area (Å²) >= 11 is 0. The number of nitrogens with one attached hydrogen (secondary N) is 1. The number of likely N-dealkylation sites (tertiary alicyclic amines) is 1. The zero-order valence-corrected chi connectivity index (χ0v) is 21.3. The monoisotopic (exact) mass is 490 g/mol. The summed E-state index contributed by atoms with van der Waals surface area (Å²) in [5.41, 5.74) is 8.03. The van der Waals surface area contributed by atoms with Gasteiger partial charge in [-0.25, -0.2) is 15.0 Å². The molecule has 0 saturated carbocycles. The molecule has 6 heteroatoms. The third-order valence-electron chi connectivity index (χ3n) is 6.74. The molecule has 37 heavy (non-hydrogen) atoms. The molecule has 1 aromatic carbocycles. The summed E-state index contributed by atoms with van der Waals surface area (Å²) in [6.45, 7) is 7.45. The maximum atomic E-state index is 4.64. The number of imidazole rings is 1. The zero-order chi connectivity index (χ0) is 25.5. The normalized spacial score (nSPS) is 13.9. The van der Waals surface area contributed by atoms with Crippen LogP contribution in [0.3, 0.4) is 0 Å². The first-order chi connectivity index (χ1) is 18.2. The predicted octanol–water partition coefficient (Wildman–Crippen LogP) is 5.02. The van der Waals surface area contributed by atoms with E-state index in [0.29, 0.717) is 12.1 Å². The molecule has 1 N–H and O–H groups in total. The molecule has 1 aliphatic heterocycles. The number of allylic oxidation sites excluding steroid dienone is 2. The van der Waals surface area contributed by atoms with Crippen LogP contribution in [0.4, 0.5) is 0 Å². The van der Waals surface area contributed by atoms with E-state index in [0.717, 1.165) is 46.7 Å². The number of aromatic nitrogens is 4. The highest BCUT2D eigenvalue weighted by atomic mass is 15.1. The van der Waals surface area contributed by atoms with Crippen LogP contribution in [0.5, 0.6) is 0 Å². The van der Waals surface area contributed by atoms with Gasteiger partial charge in [0.05, 0.1) is 17.6 Å². The second-order valence-corrected chi connectivity index (χ2v) is 9.26. The van der Waals surface area contributed by atoms with Gasteiger partial charge in [0.15, 0.2) is 0 Å². The minimum absolute atomic E-state index is 0.